The van der Waals surface area contributed by atoms with E-state index in [2.05, 4.69) is 0 Å². The molecule has 0 aromatic carbocycles. The number of rotatable bonds is 2. The zero-order valence-electron chi connectivity index (χ0n) is 6.78. The van der Waals surface area contributed by atoms with Crippen molar-refractivity contribution >= 4 is 0 Å². The van der Waals surface area contributed by atoms with Crippen molar-refractivity contribution in [2.24, 2.45) is 0 Å². The van der Waals surface area contributed by atoms with E-state index >= 15 is 0 Å². The maximum Gasteiger partial charge on any atom is 1.00 e. The van der Waals surface area contributed by atoms with Crippen LogP contribution in [-0.2, 0) is 0 Å². The normalized spacial score (nSPS) is 19.7. The summed E-state index contributed by atoms with van der Waals surface area (Å²) in [6.45, 7) is 5.50. The van der Waals surface area contributed by atoms with Gasteiger partial charge in [0, 0.05) is 6.04 Å². The molecule has 0 fully saturated rings. The Hall–Kier alpha value is 0.517. The van der Waals surface area contributed by atoms with Gasteiger partial charge in [0.05, 0.1) is 0 Å². The molecular weight excluding hydrogens is 107 g/mol. The second-order valence-corrected chi connectivity index (χ2v) is 2.49. The standard InChI is InChI=1S/C6H14N2.Li/c1-4-6(3,8)5(2)7;/h5,7-8H,4H2,1-3H3;/q-1;+1. The van der Waals surface area contributed by atoms with Gasteiger partial charge in [-0.3, -0.25) is 5.73 Å². The van der Waals surface area contributed by atoms with Gasteiger partial charge in [0.25, 0.3) is 0 Å². The molecule has 0 saturated heterocycles. The van der Waals surface area contributed by atoms with E-state index in [0.717, 1.165) is 6.42 Å². The quantitative estimate of drug-likeness (QED) is 0.416. The molecule has 2 unspecified atom stereocenters. The minimum atomic E-state index is -0.542. The molecule has 0 spiro atoms. The van der Waals surface area contributed by atoms with Crippen LogP contribution in [0.1, 0.15) is 27.2 Å². The Morgan fingerprint density at radius 3 is 2.00 bits per heavy atom. The van der Waals surface area contributed by atoms with Gasteiger partial charge in [0.2, 0.25) is 0 Å². The van der Waals surface area contributed by atoms with E-state index in [1.54, 1.807) is 13.8 Å². The van der Waals surface area contributed by atoms with Crippen molar-refractivity contribution in [3.8, 4) is 0 Å². The Morgan fingerprint density at radius 1 is 1.67 bits per heavy atom. The van der Waals surface area contributed by atoms with Crippen molar-refractivity contribution in [1.29, 1.82) is 0 Å². The van der Waals surface area contributed by atoms with Gasteiger partial charge in [-0.2, -0.15) is 0 Å². The van der Waals surface area contributed by atoms with E-state index in [1.165, 1.54) is 0 Å². The summed E-state index contributed by atoms with van der Waals surface area (Å²) in [6, 6.07) is -0.271. The Balaban J connectivity index is 0. The molecule has 0 amide bonds. The molecule has 2 nitrogen and oxygen atoms in total. The van der Waals surface area contributed by atoms with E-state index in [1.807, 2.05) is 6.92 Å². The van der Waals surface area contributed by atoms with Crippen LogP contribution in [0.15, 0.2) is 0 Å². The van der Waals surface area contributed by atoms with Gasteiger partial charge in [-0.15, -0.1) is 5.54 Å². The molecular formula is C6H14LiN2. The van der Waals surface area contributed by atoms with Gasteiger partial charge in [-0.05, 0) is 6.92 Å². The van der Waals surface area contributed by atoms with E-state index in [-0.39, 0.29) is 24.9 Å². The van der Waals surface area contributed by atoms with Gasteiger partial charge in [-0.1, -0.05) is 20.3 Å². The van der Waals surface area contributed by atoms with E-state index in [4.69, 9.17) is 11.5 Å². The van der Waals surface area contributed by atoms with Crippen LogP contribution in [0.2, 0.25) is 0 Å². The third-order valence-corrected chi connectivity index (χ3v) is 1.69. The average molecular weight is 121 g/mol. The van der Waals surface area contributed by atoms with Crippen LogP contribution in [-0.4, -0.2) is 11.6 Å². The Kier molecular flexibility index (Phi) is 5.91. The van der Waals surface area contributed by atoms with Crippen molar-refractivity contribution < 1.29 is 18.9 Å². The molecule has 49 valence electrons. The van der Waals surface area contributed by atoms with Crippen molar-refractivity contribution in [2.45, 2.75) is 38.8 Å². The molecule has 9 heavy (non-hydrogen) atoms. The minimum absolute atomic E-state index is 0. The predicted molar refractivity (Wildman–Crippen MR) is 35.6 cm³/mol. The van der Waals surface area contributed by atoms with Gasteiger partial charge in [-0.25, -0.2) is 0 Å². The first-order valence-corrected chi connectivity index (χ1v) is 2.97. The minimum Gasteiger partial charge on any atom is -0.671 e. The Morgan fingerprint density at radius 2 is 2.00 bits per heavy atom. The second kappa shape index (κ2) is 4.35. The third kappa shape index (κ3) is 3.99. The summed E-state index contributed by atoms with van der Waals surface area (Å²) in [5.74, 6) is 0. The van der Waals surface area contributed by atoms with Crippen LogP contribution >= 0.6 is 0 Å². The molecule has 0 bridgehead atoms. The van der Waals surface area contributed by atoms with Crippen molar-refractivity contribution in [3.63, 3.8) is 0 Å². The van der Waals surface area contributed by atoms with Gasteiger partial charge in [0.1, 0.15) is 0 Å². The first kappa shape index (κ1) is 12.2. The van der Waals surface area contributed by atoms with E-state index in [9.17, 15) is 0 Å². The van der Waals surface area contributed by atoms with E-state index < -0.39 is 5.54 Å². The monoisotopic (exact) mass is 121 g/mol. The summed E-state index contributed by atoms with van der Waals surface area (Å²) in [6.07, 6.45) is 0.762. The average Bonchev–Trinajstić information content (AvgIpc) is 1.67. The maximum absolute atomic E-state index is 7.44. The molecule has 1 radical (unpaired) electrons. The van der Waals surface area contributed by atoms with Crippen molar-refractivity contribution in [3.05, 3.63) is 5.73 Å². The summed E-state index contributed by atoms with van der Waals surface area (Å²) < 4.78 is 0. The Labute approximate surface area is 69.5 Å². The first-order valence-electron chi connectivity index (χ1n) is 2.97. The fourth-order valence-corrected chi connectivity index (χ4v) is 0.306. The zero-order valence-corrected chi connectivity index (χ0v) is 6.78. The summed E-state index contributed by atoms with van der Waals surface area (Å²) in [5, 5.41) is 0. The van der Waals surface area contributed by atoms with Crippen molar-refractivity contribution in [2.75, 3.05) is 0 Å². The van der Waals surface area contributed by atoms with Gasteiger partial charge >= 0.3 is 18.9 Å². The number of hydrogen-bond donors (Lipinski definition) is 0. The third-order valence-electron chi connectivity index (χ3n) is 1.69. The molecule has 0 rings (SSSR count). The Bertz CT molecular complexity index is 71.5. The van der Waals surface area contributed by atoms with E-state index in [0.29, 0.717) is 0 Å². The summed E-state index contributed by atoms with van der Waals surface area (Å²) in [7, 11) is 0. The molecule has 0 aliphatic carbocycles. The number of hydrogen-bond acceptors (Lipinski definition) is 0. The van der Waals surface area contributed by atoms with Crippen LogP contribution in [0.4, 0.5) is 0 Å². The fourth-order valence-electron chi connectivity index (χ4n) is 0.306. The molecule has 0 heterocycles. The van der Waals surface area contributed by atoms with Crippen LogP contribution in [0.3, 0.4) is 0 Å². The SMILES string of the molecule is CCC(C)([NH-])C(C)[NH].[Li+]. The molecule has 0 aromatic heterocycles. The molecule has 0 aromatic rings. The smallest absolute Gasteiger partial charge is 0.671 e. The molecule has 0 aliphatic rings. The van der Waals surface area contributed by atoms with Gasteiger partial charge < -0.3 is 5.73 Å². The largest absolute Gasteiger partial charge is 1.00 e. The molecule has 0 aliphatic heterocycles. The van der Waals surface area contributed by atoms with Crippen LogP contribution in [0.5, 0.6) is 0 Å². The summed E-state index contributed by atoms with van der Waals surface area (Å²) in [4.78, 5) is 0. The fraction of sp³-hybridized carbons (Fsp3) is 1.00. The van der Waals surface area contributed by atoms with Crippen LogP contribution in [0.25, 0.3) is 5.73 Å². The number of nitrogens with one attached hydrogen (secondary N) is 2. The molecule has 2 atom stereocenters. The summed E-state index contributed by atoms with van der Waals surface area (Å²) in [5.41, 5.74) is 14.1. The molecule has 3 heteroatoms. The zero-order chi connectivity index (χ0) is 6.78. The topological polar surface area (TPSA) is 47.6 Å². The predicted octanol–water partition coefficient (Wildman–Crippen LogP) is -1.12. The molecule has 2 N–H and O–H groups in total. The second-order valence-electron chi connectivity index (χ2n) is 2.49. The van der Waals surface area contributed by atoms with Crippen LogP contribution in [0, 0.1) is 0 Å². The van der Waals surface area contributed by atoms with Crippen LogP contribution < -0.4 is 24.6 Å². The van der Waals surface area contributed by atoms with Gasteiger partial charge in [0.15, 0.2) is 0 Å². The van der Waals surface area contributed by atoms with Crippen molar-refractivity contribution in [1.82, 2.24) is 5.73 Å². The maximum atomic E-state index is 7.44. The molecule has 0 saturated carbocycles. The summed E-state index contributed by atoms with van der Waals surface area (Å²) >= 11 is 0. The first-order chi connectivity index (χ1) is 3.50.